The number of hydrogen-bond acceptors (Lipinski definition) is 6. The number of halogens is 1. The van der Waals surface area contributed by atoms with Crippen LogP contribution in [-0.4, -0.2) is 39.3 Å². The second-order valence-corrected chi connectivity index (χ2v) is 7.55. The molecule has 1 aromatic heterocycles. The van der Waals surface area contributed by atoms with Crippen molar-refractivity contribution in [3.63, 3.8) is 0 Å². The molecule has 12 heteroatoms. The standard InChI is InChI=1S/C7H8ClN3O6S2/c1-18(14,15)11-5-2-4(10-7(12)13)3-9-6(5)19(8,16)17/h2-3,10-11H,1H3,(H,12,13). The van der Waals surface area contributed by atoms with E-state index in [4.69, 9.17) is 15.8 Å². The third-order valence-corrected chi connectivity index (χ3v) is 3.45. The number of rotatable bonds is 4. The van der Waals surface area contributed by atoms with Gasteiger partial charge in [-0.3, -0.25) is 10.0 Å². The van der Waals surface area contributed by atoms with Crippen LogP contribution in [0, 0.1) is 0 Å². The van der Waals surface area contributed by atoms with Crippen LogP contribution in [0.4, 0.5) is 16.2 Å². The highest BCUT2D eigenvalue weighted by molar-refractivity contribution is 8.13. The van der Waals surface area contributed by atoms with Crippen LogP contribution in [0.1, 0.15) is 0 Å². The molecule has 0 fully saturated rings. The van der Waals surface area contributed by atoms with E-state index in [9.17, 15) is 21.6 Å². The molecule has 0 atom stereocenters. The molecule has 106 valence electrons. The summed E-state index contributed by atoms with van der Waals surface area (Å²) in [6.07, 6.45) is 0.250. The summed E-state index contributed by atoms with van der Waals surface area (Å²) in [5, 5.41) is 9.66. The zero-order chi connectivity index (χ0) is 14.8. The van der Waals surface area contributed by atoms with E-state index < -0.39 is 35.9 Å². The number of pyridine rings is 1. The Morgan fingerprint density at radius 2 is 1.95 bits per heavy atom. The highest BCUT2D eigenvalue weighted by Crippen LogP contribution is 2.26. The summed E-state index contributed by atoms with van der Waals surface area (Å²) >= 11 is 0. The number of amides is 1. The van der Waals surface area contributed by atoms with Crippen molar-refractivity contribution in [1.29, 1.82) is 0 Å². The Kier molecular flexibility index (Phi) is 4.22. The fourth-order valence-corrected chi connectivity index (χ4v) is 2.65. The van der Waals surface area contributed by atoms with Gasteiger partial charge in [0.15, 0.2) is 5.03 Å². The van der Waals surface area contributed by atoms with Crippen molar-refractivity contribution >= 4 is 47.2 Å². The molecule has 1 heterocycles. The van der Waals surface area contributed by atoms with Gasteiger partial charge in [-0.2, -0.15) is 0 Å². The lowest BCUT2D eigenvalue weighted by Gasteiger charge is -2.09. The molecule has 0 aromatic carbocycles. The molecule has 9 nitrogen and oxygen atoms in total. The molecule has 0 spiro atoms. The first-order valence-corrected chi connectivity index (χ1v) is 8.61. The minimum Gasteiger partial charge on any atom is -0.465 e. The lowest BCUT2D eigenvalue weighted by molar-refractivity contribution is 0.209. The molecule has 0 saturated heterocycles. The Bertz CT molecular complexity index is 714. The number of carbonyl (C=O) groups is 1. The van der Waals surface area contributed by atoms with Crippen molar-refractivity contribution in [2.75, 3.05) is 16.3 Å². The van der Waals surface area contributed by atoms with Crippen LogP contribution in [-0.2, 0) is 19.1 Å². The van der Waals surface area contributed by atoms with Gasteiger partial charge < -0.3 is 5.11 Å². The first-order chi connectivity index (χ1) is 8.49. The number of aromatic nitrogens is 1. The van der Waals surface area contributed by atoms with Gasteiger partial charge in [-0.15, -0.1) is 0 Å². The third kappa shape index (κ3) is 4.89. The van der Waals surface area contributed by atoms with E-state index >= 15 is 0 Å². The van der Waals surface area contributed by atoms with Crippen LogP contribution in [0.15, 0.2) is 17.3 Å². The maximum absolute atomic E-state index is 11.2. The Balaban J connectivity index is 3.38. The van der Waals surface area contributed by atoms with Gasteiger partial charge in [-0.25, -0.2) is 26.6 Å². The van der Waals surface area contributed by atoms with Crippen molar-refractivity contribution in [3.8, 4) is 0 Å². The molecule has 3 N–H and O–H groups in total. The smallest absolute Gasteiger partial charge is 0.409 e. The van der Waals surface area contributed by atoms with E-state index in [0.717, 1.165) is 18.5 Å². The van der Waals surface area contributed by atoms with Gasteiger partial charge in [-0.1, -0.05) is 0 Å². The van der Waals surface area contributed by atoms with E-state index in [1.807, 2.05) is 10.0 Å². The summed E-state index contributed by atoms with van der Waals surface area (Å²) in [6.45, 7) is 0. The normalized spacial score (nSPS) is 11.9. The van der Waals surface area contributed by atoms with Gasteiger partial charge in [0.2, 0.25) is 10.0 Å². The molecule has 0 aliphatic rings. The van der Waals surface area contributed by atoms with Gasteiger partial charge >= 0.3 is 6.09 Å². The maximum Gasteiger partial charge on any atom is 0.409 e. The molecule has 0 unspecified atom stereocenters. The number of sulfonamides is 1. The number of nitrogens with zero attached hydrogens (tertiary/aromatic N) is 1. The first kappa shape index (κ1) is 15.5. The number of nitrogens with one attached hydrogen (secondary N) is 2. The quantitative estimate of drug-likeness (QED) is 0.681. The van der Waals surface area contributed by atoms with Crippen molar-refractivity contribution < 1.29 is 26.7 Å². The predicted octanol–water partition coefficient (Wildman–Crippen LogP) is 0.470. The first-order valence-electron chi connectivity index (χ1n) is 4.41. The van der Waals surface area contributed by atoms with Crippen LogP contribution in [0.2, 0.25) is 0 Å². The van der Waals surface area contributed by atoms with Crippen molar-refractivity contribution in [2.24, 2.45) is 0 Å². The Morgan fingerprint density at radius 1 is 1.37 bits per heavy atom. The van der Waals surface area contributed by atoms with Gasteiger partial charge in [0, 0.05) is 10.7 Å². The maximum atomic E-state index is 11.2. The van der Waals surface area contributed by atoms with Crippen molar-refractivity contribution in [1.82, 2.24) is 4.98 Å². The van der Waals surface area contributed by atoms with Crippen molar-refractivity contribution in [2.45, 2.75) is 5.03 Å². The third-order valence-electron chi connectivity index (χ3n) is 1.63. The van der Waals surface area contributed by atoms with E-state index in [-0.39, 0.29) is 5.69 Å². The van der Waals surface area contributed by atoms with Crippen LogP contribution in [0.3, 0.4) is 0 Å². The second-order valence-electron chi connectivity index (χ2n) is 3.32. The van der Waals surface area contributed by atoms with E-state index in [2.05, 4.69) is 4.98 Å². The molecular formula is C7H8ClN3O6S2. The molecule has 1 rings (SSSR count). The van der Waals surface area contributed by atoms with Crippen LogP contribution < -0.4 is 10.0 Å². The average Bonchev–Trinajstić information content (AvgIpc) is 2.11. The molecule has 1 aromatic rings. The van der Waals surface area contributed by atoms with Crippen LogP contribution in [0.25, 0.3) is 0 Å². The summed E-state index contributed by atoms with van der Waals surface area (Å²) in [6, 6.07) is 0.942. The fourth-order valence-electron chi connectivity index (χ4n) is 1.11. The summed E-state index contributed by atoms with van der Waals surface area (Å²) in [5.74, 6) is 0. The molecule has 0 bridgehead atoms. The Labute approximate surface area is 113 Å². The molecule has 1 amide bonds. The van der Waals surface area contributed by atoms with Gasteiger partial charge in [-0.05, 0) is 6.07 Å². The van der Waals surface area contributed by atoms with Crippen LogP contribution in [0.5, 0.6) is 0 Å². The number of anilines is 2. The lowest BCUT2D eigenvalue weighted by atomic mass is 10.4. The number of hydrogen-bond donors (Lipinski definition) is 3. The zero-order valence-corrected chi connectivity index (χ0v) is 11.7. The monoisotopic (exact) mass is 329 g/mol. The predicted molar refractivity (Wildman–Crippen MR) is 67.4 cm³/mol. The average molecular weight is 330 g/mol. The SMILES string of the molecule is CS(=O)(=O)Nc1cc(NC(=O)O)cnc1S(=O)(=O)Cl. The van der Waals surface area contributed by atoms with Gasteiger partial charge in [0.05, 0.1) is 23.8 Å². The van der Waals surface area contributed by atoms with E-state index in [1.54, 1.807) is 0 Å². The van der Waals surface area contributed by atoms with Gasteiger partial charge in [0.1, 0.15) is 0 Å². The van der Waals surface area contributed by atoms with E-state index in [0.29, 0.717) is 0 Å². The number of carboxylic acid groups (broad SMARTS) is 1. The molecular weight excluding hydrogens is 322 g/mol. The topological polar surface area (TPSA) is 143 Å². The van der Waals surface area contributed by atoms with E-state index in [1.165, 1.54) is 0 Å². The summed E-state index contributed by atoms with van der Waals surface area (Å²) in [7, 11) is -3.00. The Morgan fingerprint density at radius 3 is 2.37 bits per heavy atom. The summed E-state index contributed by atoms with van der Waals surface area (Å²) in [5.41, 5.74) is -0.577. The summed E-state index contributed by atoms with van der Waals surface area (Å²) in [4.78, 5) is 13.8. The molecule has 0 saturated carbocycles. The largest absolute Gasteiger partial charge is 0.465 e. The highest BCUT2D eigenvalue weighted by atomic mass is 35.7. The summed E-state index contributed by atoms with van der Waals surface area (Å²) < 4.78 is 46.5. The second kappa shape index (κ2) is 5.19. The molecule has 0 radical (unpaired) electrons. The zero-order valence-electron chi connectivity index (χ0n) is 9.28. The fraction of sp³-hybridized carbons (Fsp3) is 0.143. The molecule has 19 heavy (non-hydrogen) atoms. The lowest BCUT2D eigenvalue weighted by Crippen LogP contribution is -2.14. The molecule has 0 aliphatic carbocycles. The minimum absolute atomic E-state index is 0.122. The van der Waals surface area contributed by atoms with Crippen LogP contribution >= 0.6 is 10.7 Å². The highest BCUT2D eigenvalue weighted by Gasteiger charge is 2.20. The molecule has 0 aliphatic heterocycles. The van der Waals surface area contributed by atoms with Crippen molar-refractivity contribution in [3.05, 3.63) is 12.3 Å². The minimum atomic E-state index is -4.29. The Hall–Kier alpha value is -1.59. The van der Waals surface area contributed by atoms with Gasteiger partial charge in [0.25, 0.3) is 9.05 Å².